The van der Waals surface area contributed by atoms with Crippen molar-refractivity contribution < 1.29 is 14.4 Å². The molecule has 7 heteroatoms. The zero-order valence-corrected chi connectivity index (χ0v) is 18.1. The molecular weight excluding hydrogens is 416 g/mol. The maximum Gasteiger partial charge on any atom is 0.251 e. The van der Waals surface area contributed by atoms with Crippen molar-refractivity contribution in [3.05, 3.63) is 103 Å². The molecule has 1 heterocycles. The topological polar surface area (TPSA) is 93.1 Å². The molecule has 0 aliphatic rings. The number of carbonyl (C=O) groups excluding carboxylic acids is 3. The summed E-state index contributed by atoms with van der Waals surface area (Å²) < 4.78 is 1.73. The van der Waals surface area contributed by atoms with Crippen molar-refractivity contribution in [1.82, 2.24) is 20.2 Å². The van der Waals surface area contributed by atoms with Gasteiger partial charge in [-0.3, -0.25) is 14.4 Å². The highest BCUT2D eigenvalue weighted by atomic mass is 16.2. The molecule has 3 aromatic carbocycles. The molecule has 0 aliphatic heterocycles. The van der Waals surface area contributed by atoms with Crippen LogP contribution in [0.2, 0.25) is 0 Å². The number of benzene rings is 3. The van der Waals surface area contributed by atoms with Gasteiger partial charge in [-0.05, 0) is 29.8 Å². The molecule has 0 fully saturated rings. The van der Waals surface area contributed by atoms with Crippen molar-refractivity contribution in [2.24, 2.45) is 0 Å². The van der Waals surface area contributed by atoms with Gasteiger partial charge in [0, 0.05) is 23.5 Å². The van der Waals surface area contributed by atoms with Gasteiger partial charge in [-0.25, -0.2) is 4.98 Å². The molecule has 4 rings (SSSR count). The standard InChI is InChI=1S/C26H24N4O3/c1-18(28-26(33)22-12-11-19-7-5-6-10-21(19)15-22)25(32)29-23(16-30-14-13-27-17-30)24(31)20-8-3-2-4-9-20/h2-15,17-18,23H,16H2,1H3,(H,28,33)(H,29,32). The minimum atomic E-state index is -0.835. The van der Waals surface area contributed by atoms with Crippen molar-refractivity contribution in [2.45, 2.75) is 25.6 Å². The molecule has 0 saturated carbocycles. The number of amides is 2. The lowest BCUT2D eigenvalue weighted by Gasteiger charge is -2.21. The Morgan fingerprint density at radius 1 is 0.879 bits per heavy atom. The number of hydrogen-bond acceptors (Lipinski definition) is 4. The fraction of sp³-hybridized carbons (Fsp3) is 0.154. The predicted octanol–water partition coefficient (Wildman–Crippen LogP) is 3.22. The Hall–Kier alpha value is -4.26. The van der Waals surface area contributed by atoms with Gasteiger partial charge in [-0.2, -0.15) is 0 Å². The van der Waals surface area contributed by atoms with Crippen LogP contribution in [0.15, 0.2) is 91.5 Å². The van der Waals surface area contributed by atoms with Crippen molar-refractivity contribution in [1.29, 1.82) is 0 Å². The summed E-state index contributed by atoms with van der Waals surface area (Å²) in [5.74, 6) is -1.02. The molecule has 7 nitrogen and oxygen atoms in total. The summed E-state index contributed by atoms with van der Waals surface area (Å²) in [6.07, 6.45) is 4.92. The number of fused-ring (bicyclic) bond motifs is 1. The van der Waals surface area contributed by atoms with E-state index in [1.54, 1.807) is 66.6 Å². The molecular formula is C26H24N4O3. The van der Waals surface area contributed by atoms with E-state index in [1.807, 2.05) is 36.4 Å². The van der Waals surface area contributed by atoms with E-state index in [9.17, 15) is 14.4 Å². The van der Waals surface area contributed by atoms with E-state index in [0.29, 0.717) is 11.1 Å². The second kappa shape index (κ2) is 9.91. The van der Waals surface area contributed by atoms with Gasteiger partial charge in [0.15, 0.2) is 5.78 Å². The molecule has 0 radical (unpaired) electrons. The molecule has 0 saturated heterocycles. The van der Waals surface area contributed by atoms with Crippen molar-refractivity contribution >= 4 is 28.4 Å². The zero-order chi connectivity index (χ0) is 23.2. The van der Waals surface area contributed by atoms with E-state index in [4.69, 9.17) is 0 Å². The molecule has 4 aromatic rings. The van der Waals surface area contributed by atoms with E-state index in [1.165, 1.54) is 0 Å². The Morgan fingerprint density at radius 2 is 1.61 bits per heavy atom. The summed E-state index contributed by atoms with van der Waals surface area (Å²) in [5, 5.41) is 7.48. The molecule has 1 aromatic heterocycles. The van der Waals surface area contributed by atoms with E-state index in [2.05, 4.69) is 15.6 Å². The van der Waals surface area contributed by atoms with E-state index in [0.717, 1.165) is 10.8 Å². The van der Waals surface area contributed by atoms with Crippen LogP contribution in [-0.4, -0.2) is 39.2 Å². The average molecular weight is 441 g/mol. The normalized spacial score (nSPS) is 12.6. The van der Waals surface area contributed by atoms with Crippen LogP contribution in [-0.2, 0) is 11.3 Å². The summed E-state index contributed by atoms with van der Waals surface area (Å²) in [4.78, 5) is 42.7. The van der Waals surface area contributed by atoms with Crippen molar-refractivity contribution in [2.75, 3.05) is 0 Å². The maximum atomic E-state index is 13.1. The largest absolute Gasteiger partial charge is 0.342 e. The van der Waals surface area contributed by atoms with Gasteiger partial charge in [-0.15, -0.1) is 0 Å². The highest BCUT2D eigenvalue weighted by Gasteiger charge is 2.26. The highest BCUT2D eigenvalue weighted by Crippen LogP contribution is 2.15. The first-order valence-corrected chi connectivity index (χ1v) is 10.7. The number of nitrogens with zero attached hydrogens (tertiary/aromatic N) is 2. The molecule has 2 atom stereocenters. The summed E-state index contributed by atoms with van der Waals surface area (Å²) in [6, 6.07) is 20.3. The van der Waals surface area contributed by atoms with Gasteiger partial charge < -0.3 is 15.2 Å². The number of carbonyl (C=O) groups is 3. The Balaban J connectivity index is 1.45. The number of rotatable bonds is 8. The van der Waals surface area contributed by atoms with Crippen LogP contribution in [0.25, 0.3) is 10.8 Å². The van der Waals surface area contributed by atoms with Gasteiger partial charge in [-0.1, -0.05) is 60.7 Å². The summed E-state index contributed by atoms with van der Waals surface area (Å²) in [6.45, 7) is 1.82. The van der Waals surface area contributed by atoms with Crippen LogP contribution in [0.1, 0.15) is 27.6 Å². The molecule has 2 N–H and O–H groups in total. The summed E-state index contributed by atoms with van der Waals surface area (Å²) in [5.41, 5.74) is 0.958. The lowest BCUT2D eigenvalue weighted by molar-refractivity contribution is -0.123. The second-order valence-corrected chi connectivity index (χ2v) is 7.81. The van der Waals surface area contributed by atoms with Crippen molar-refractivity contribution in [3.63, 3.8) is 0 Å². The van der Waals surface area contributed by atoms with Gasteiger partial charge in [0.05, 0.1) is 12.9 Å². The average Bonchev–Trinajstić information content (AvgIpc) is 3.36. The number of imidazole rings is 1. The Labute approximate surface area is 191 Å². The fourth-order valence-electron chi connectivity index (χ4n) is 3.58. The third-order valence-corrected chi connectivity index (χ3v) is 5.40. The number of nitrogens with one attached hydrogen (secondary N) is 2. The van der Waals surface area contributed by atoms with Gasteiger partial charge in [0.1, 0.15) is 12.1 Å². The van der Waals surface area contributed by atoms with Crippen molar-refractivity contribution in [3.8, 4) is 0 Å². The molecule has 0 spiro atoms. The van der Waals surface area contributed by atoms with Gasteiger partial charge in [0.25, 0.3) is 5.91 Å². The molecule has 2 unspecified atom stereocenters. The van der Waals surface area contributed by atoms with Crippen LogP contribution >= 0.6 is 0 Å². The van der Waals surface area contributed by atoms with Crippen LogP contribution in [0.3, 0.4) is 0 Å². The van der Waals surface area contributed by atoms with E-state index in [-0.39, 0.29) is 18.2 Å². The van der Waals surface area contributed by atoms with Gasteiger partial charge >= 0.3 is 0 Å². The number of hydrogen-bond donors (Lipinski definition) is 2. The third-order valence-electron chi connectivity index (χ3n) is 5.40. The Bertz CT molecular complexity index is 1270. The second-order valence-electron chi connectivity index (χ2n) is 7.81. The lowest BCUT2D eigenvalue weighted by atomic mass is 10.0. The molecule has 2 amide bonds. The van der Waals surface area contributed by atoms with Crippen LogP contribution in [0.4, 0.5) is 0 Å². The number of Topliss-reactive ketones (excluding diaryl/α,β-unsaturated/α-hetero) is 1. The predicted molar refractivity (Wildman–Crippen MR) is 126 cm³/mol. The first-order valence-electron chi connectivity index (χ1n) is 10.7. The Morgan fingerprint density at radius 3 is 2.33 bits per heavy atom. The minimum Gasteiger partial charge on any atom is -0.342 e. The van der Waals surface area contributed by atoms with E-state index < -0.39 is 18.0 Å². The molecule has 0 aliphatic carbocycles. The third kappa shape index (κ3) is 5.33. The SMILES string of the molecule is CC(NC(=O)c1ccc2ccccc2c1)C(=O)NC(Cn1ccnc1)C(=O)c1ccccc1. The number of ketones is 1. The zero-order valence-electron chi connectivity index (χ0n) is 18.1. The minimum absolute atomic E-state index is 0.217. The molecule has 0 bridgehead atoms. The Kier molecular flexibility index (Phi) is 6.59. The maximum absolute atomic E-state index is 13.1. The highest BCUT2D eigenvalue weighted by molar-refractivity contribution is 6.03. The van der Waals surface area contributed by atoms with Crippen LogP contribution in [0.5, 0.6) is 0 Å². The van der Waals surface area contributed by atoms with E-state index >= 15 is 0 Å². The van der Waals surface area contributed by atoms with Crippen LogP contribution in [0, 0.1) is 0 Å². The molecule has 33 heavy (non-hydrogen) atoms. The smallest absolute Gasteiger partial charge is 0.251 e. The summed E-state index contributed by atoms with van der Waals surface area (Å²) >= 11 is 0. The number of aromatic nitrogens is 2. The molecule has 166 valence electrons. The fourth-order valence-corrected chi connectivity index (χ4v) is 3.58. The first-order chi connectivity index (χ1) is 16.0. The quantitative estimate of drug-likeness (QED) is 0.412. The lowest BCUT2D eigenvalue weighted by Crippen LogP contribution is -2.51. The monoisotopic (exact) mass is 440 g/mol. The summed E-state index contributed by atoms with van der Waals surface area (Å²) in [7, 11) is 0. The first kappa shape index (κ1) is 22.0. The van der Waals surface area contributed by atoms with Gasteiger partial charge in [0.2, 0.25) is 5.91 Å². The van der Waals surface area contributed by atoms with Crippen LogP contribution < -0.4 is 10.6 Å².